The molecule has 0 saturated carbocycles. The second-order valence-electron chi connectivity index (χ2n) is 7.85. The number of hydrogen-bond acceptors (Lipinski definition) is 8. The highest BCUT2D eigenvalue weighted by Gasteiger charge is 2.22. The lowest BCUT2D eigenvalue weighted by molar-refractivity contribution is 0.0943. The van der Waals surface area contributed by atoms with Crippen LogP contribution in [0.2, 0.25) is 0 Å². The maximum atomic E-state index is 13.0. The molecule has 1 saturated heterocycles. The smallest absolute Gasteiger partial charge is 0.274 e. The topological polar surface area (TPSA) is 98.1 Å². The minimum absolute atomic E-state index is 0.172. The Bertz CT molecular complexity index is 1170. The van der Waals surface area contributed by atoms with Crippen LogP contribution in [0, 0.1) is 5.92 Å². The molecule has 1 fully saturated rings. The van der Waals surface area contributed by atoms with Crippen LogP contribution in [0.15, 0.2) is 29.1 Å². The normalized spacial score (nSPS) is 16.2. The fourth-order valence-corrected chi connectivity index (χ4v) is 4.77. The average Bonchev–Trinajstić information content (AvgIpc) is 3.21. The maximum absolute atomic E-state index is 13.0. The number of rotatable bonds is 7. The first kappa shape index (κ1) is 22.1. The first-order valence-corrected chi connectivity index (χ1v) is 11.5. The van der Waals surface area contributed by atoms with Gasteiger partial charge in [0.1, 0.15) is 5.69 Å². The maximum Gasteiger partial charge on any atom is 0.274 e. The first-order valence-electron chi connectivity index (χ1n) is 10.7. The van der Waals surface area contributed by atoms with Crippen LogP contribution in [0.5, 0.6) is 11.5 Å². The molecule has 1 aliphatic rings. The molecule has 0 aliphatic carbocycles. The molecular weight excluding hydrogens is 430 g/mol. The Morgan fingerprint density at radius 3 is 2.91 bits per heavy atom. The van der Waals surface area contributed by atoms with Gasteiger partial charge in [-0.1, -0.05) is 24.3 Å². The van der Waals surface area contributed by atoms with Gasteiger partial charge in [-0.15, -0.1) is 5.10 Å². The zero-order valence-corrected chi connectivity index (χ0v) is 19.3. The van der Waals surface area contributed by atoms with Gasteiger partial charge in [0.2, 0.25) is 10.1 Å². The monoisotopic (exact) mass is 457 g/mol. The number of amides is 1. The van der Waals surface area contributed by atoms with Gasteiger partial charge in [0, 0.05) is 25.7 Å². The van der Waals surface area contributed by atoms with E-state index in [0.29, 0.717) is 29.0 Å². The number of nitrogens with zero attached hydrogens (tertiary/aromatic N) is 4. The Balaban J connectivity index is 1.55. The number of carbonyl (C=O) groups is 1. The summed E-state index contributed by atoms with van der Waals surface area (Å²) in [6.07, 6.45) is 2.29. The number of anilines is 1. The number of hydrogen-bond donors (Lipinski definition) is 1. The van der Waals surface area contributed by atoms with Crippen LogP contribution in [-0.4, -0.2) is 47.3 Å². The third-order valence-corrected chi connectivity index (χ3v) is 6.35. The molecule has 1 unspecified atom stereocenters. The van der Waals surface area contributed by atoms with Crippen molar-refractivity contribution in [1.29, 1.82) is 0 Å². The minimum Gasteiger partial charge on any atom is -0.493 e. The number of carbonyl (C=O) groups excluding carboxylic acids is 1. The quantitative estimate of drug-likeness (QED) is 0.582. The molecule has 9 nitrogen and oxygen atoms in total. The van der Waals surface area contributed by atoms with Crippen LogP contribution in [-0.2, 0) is 6.54 Å². The average molecular weight is 458 g/mol. The number of aromatic nitrogens is 3. The standard InChI is InChI=1S/C22H27N5O4S/c1-4-31-18-10-15(7-8-17(18)30-3)12-23-20(29)16-11-19(28)24-21-27(16)25-22(32-21)26-9-5-6-14(2)13-26/h7-8,10-11,14H,4-6,9,12-13H2,1-3H3,(H,23,29). The summed E-state index contributed by atoms with van der Waals surface area (Å²) >= 11 is 1.33. The summed E-state index contributed by atoms with van der Waals surface area (Å²) in [5, 5.41) is 8.25. The van der Waals surface area contributed by atoms with Crippen molar-refractivity contribution in [2.24, 2.45) is 5.92 Å². The van der Waals surface area contributed by atoms with Gasteiger partial charge < -0.3 is 19.7 Å². The highest BCUT2D eigenvalue weighted by molar-refractivity contribution is 7.20. The molecule has 0 spiro atoms. The van der Waals surface area contributed by atoms with Gasteiger partial charge in [0.15, 0.2) is 11.5 Å². The summed E-state index contributed by atoms with van der Waals surface area (Å²) in [4.78, 5) is 31.8. The third kappa shape index (κ3) is 4.69. The lowest BCUT2D eigenvalue weighted by Crippen LogP contribution is -2.34. The van der Waals surface area contributed by atoms with E-state index in [9.17, 15) is 9.59 Å². The van der Waals surface area contributed by atoms with E-state index in [1.807, 2.05) is 19.1 Å². The van der Waals surface area contributed by atoms with Crippen LogP contribution < -0.4 is 25.2 Å². The van der Waals surface area contributed by atoms with E-state index in [0.717, 1.165) is 30.2 Å². The molecule has 32 heavy (non-hydrogen) atoms. The molecule has 0 bridgehead atoms. The number of benzene rings is 1. The van der Waals surface area contributed by atoms with Crippen LogP contribution in [0.1, 0.15) is 42.7 Å². The number of fused-ring (bicyclic) bond motifs is 1. The second-order valence-corrected chi connectivity index (χ2v) is 8.79. The highest BCUT2D eigenvalue weighted by atomic mass is 32.1. The zero-order valence-electron chi connectivity index (χ0n) is 18.5. The van der Waals surface area contributed by atoms with Gasteiger partial charge in [0.25, 0.3) is 11.5 Å². The Hall–Kier alpha value is -3.14. The lowest BCUT2D eigenvalue weighted by Gasteiger charge is -2.30. The van der Waals surface area contributed by atoms with E-state index in [2.05, 4.69) is 27.2 Å². The van der Waals surface area contributed by atoms with E-state index in [1.165, 1.54) is 28.3 Å². The molecule has 3 aromatic rings. The SMILES string of the molecule is CCOc1cc(CNC(=O)c2cc(=O)nc3sc(N4CCCC(C)C4)nn23)ccc1OC. The molecule has 1 aliphatic heterocycles. The predicted octanol–water partition coefficient (Wildman–Crippen LogP) is 2.72. The molecule has 170 valence electrons. The third-order valence-electron chi connectivity index (χ3n) is 5.38. The van der Waals surface area contributed by atoms with Crippen molar-refractivity contribution in [3.63, 3.8) is 0 Å². The Kier molecular flexibility index (Phi) is 6.59. The summed E-state index contributed by atoms with van der Waals surface area (Å²) in [5.41, 5.74) is 0.563. The van der Waals surface area contributed by atoms with Gasteiger partial charge in [-0.25, -0.2) is 0 Å². The van der Waals surface area contributed by atoms with Crippen LogP contribution in [0.4, 0.5) is 5.13 Å². The Morgan fingerprint density at radius 1 is 1.31 bits per heavy atom. The fraction of sp³-hybridized carbons (Fsp3) is 0.455. The molecule has 10 heteroatoms. The predicted molar refractivity (Wildman–Crippen MR) is 123 cm³/mol. The summed E-state index contributed by atoms with van der Waals surface area (Å²) < 4.78 is 12.4. The molecule has 1 atom stereocenters. The number of methoxy groups -OCH3 is 1. The Labute approximate surface area is 190 Å². The van der Waals surface area contributed by atoms with Crippen molar-refractivity contribution >= 4 is 27.3 Å². The van der Waals surface area contributed by atoms with E-state index in [1.54, 1.807) is 13.2 Å². The van der Waals surface area contributed by atoms with Gasteiger partial charge >= 0.3 is 0 Å². The van der Waals surface area contributed by atoms with Crippen molar-refractivity contribution in [1.82, 2.24) is 19.9 Å². The number of nitrogens with one attached hydrogen (secondary N) is 1. The van der Waals surface area contributed by atoms with Gasteiger partial charge in [-0.05, 0) is 43.4 Å². The molecule has 4 rings (SSSR count). The lowest BCUT2D eigenvalue weighted by atomic mass is 10.0. The summed E-state index contributed by atoms with van der Waals surface area (Å²) in [5.74, 6) is 1.44. The molecular formula is C22H27N5O4S. The van der Waals surface area contributed by atoms with Crippen LogP contribution in [0.3, 0.4) is 0 Å². The molecule has 2 aromatic heterocycles. The molecule has 3 heterocycles. The van der Waals surface area contributed by atoms with Gasteiger partial charge in [-0.2, -0.15) is 9.50 Å². The minimum atomic E-state index is -0.458. The summed E-state index contributed by atoms with van der Waals surface area (Å²) in [6, 6.07) is 6.71. The van der Waals surface area contributed by atoms with E-state index in [-0.39, 0.29) is 12.2 Å². The van der Waals surface area contributed by atoms with E-state index < -0.39 is 11.5 Å². The van der Waals surface area contributed by atoms with Crippen molar-refractivity contribution in [2.75, 3.05) is 31.7 Å². The van der Waals surface area contributed by atoms with Gasteiger partial charge in [0.05, 0.1) is 13.7 Å². The summed E-state index contributed by atoms with van der Waals surface area (Å²) in [6.45, 7) is 6.71. The van der Waals surface area contributed by atoms with Crippen molar-refractivity contribution in [2.45, 2.75) is 33.2 Å². The largest absolute Gasteiger partial charge is 0.493 e. The van der Waals surface area contributed by atoms with E-state index in [4.69, 9.17) is 9.47 Å². The van der Waals surface area contributed by atoms with Crippen LogP contribution >= 0.6 is 11.3 Å². The molecule has 0 radical (unpaired) electrons. The zero-order chi connectivity index (χ0) is 22.7. The fourth-order valence-electron chi connectivity index (χ4n) is 3.83. The highest BCUT2D eigenvalue weighted by Crippen LogP contribution is 2.29. The first-order chi connectivity index (χ1) is 15.5. The second kappa shape index (κ2) is 9.56. The van der Waals surface area contributed by atoms with Gasteiger partial charge in [-0.3, -0.25) is 9.59 Å². The van der Waals surface area contributed by atoms with Crippen molar-refractivity contribution < 1.29 is 14.3 Å². The summed E-state index contributed by atoms with van der Waals surface area (Å²) in [7, 11) is 1.58. The molecule has 1 aromatic carbocycles. The van der Waals surface area contributed by atoms with Crippen molar-refractivity contribution in [3.05, 3.63) is 45.9 Å². The van der Waals surface area contributed by atoms with Crippen molar-refractivity contribution in [3.8, 4) is 11.5 Å². The molecule has 1 N–H and O–H groups in total. The molecule has 1 amide bonds. The van der Waals surface area contributed by atoms with Crippen LogP contribution in [0.25, 0.3) is 4.96 Å². The number of piperidine rings is 1. The number of ether oxygens (including phenoxy) is 2. The Morgan fingerprint density at radius 2 is 2.16 bits per heavy atom. The van der Waals surface area contributed by atoms with E-state index >= 15 is 0 Å².